The average molecular weight is 315 g/mol. The maximum absolute atomic E-state index is 9.77. The number of hydrogen-bond acceptors (Lipinski definition) is 4. The molecular formula is C13H19BrN2O2. The first-order chi connectivity index (χ1) is 8.61. The van der Waals surface area contributed by atoms with E-state index in [-0.39, 0.29) is 5.75 Å². The fourth-order valence-corrected chi connectivity index (χ4v) is 2.80. The molecule has 0 saturated carbocycles. The van der Waals surface area contributed by atoms with Crippen molar-refractivity contribution in [1.82, 2.24) is 10.2 Å². The molecule has 1 aliphatic rings. The predicted octanol–water partition coefficient (Wildman–Crippen LogP) is 1.96. The normalized spacial score (nSPS) is 19.4. The van der Waals surface area contributed by atoms with E-state index in [0.29, 0.717) is 16.3 Å². The number of phenolic OH excluding ortho intramolecular Hbond substituents is 1. The van der Waals surface area contributed by atoms with Crippen molar-refractivity contribution in [2.45, 2.75) is 19.0 Å². The second kappa shape index (κ2) is 5.91. The third-order valence-electron chi connectivity index (χ3n) is 3.40. The van der Waals surface area contributed by atoms with Crippen LogP contribution in [-0.2, 0) is 6.54 Å². The second-order valence-electron chi connectivity index (χ2n) is 4.69. The zero-order valence-corrected chi connectivity index (χ0v) is 12.3. The molecular weight excluding hydrogens is 296 g/mol. The maximum atomic E-state index is 9.77. The maximum Gasteiger partial charge on any atom is 0.172 e. The SMILES string of the molecule is COc1cc(CN(C)C2CCNC2)cc(Br)c1O. The van der Waals surface area contributed by atoms with Crippen LogP contribution in [0.3, 0.4) is 0 Å². The van der Waals surface area contributed by atoms with Crippen LogP contribution in [0.1, 0.15) is 12.0 Å². The molecule has 0 spiro atoms. The van der Waals surface area contributed by atoms with Crippen molar-refractivity contribution in [2.24, 2.45) is 0 Å². The summed E-state index contributed by atoms with van der Waals surface area (Å²) in [5.41, 5.74) is 1.13. The van der Waals surface area contributed by atoms with E-state index in [4.69, 9.17) is 4.74 Å². The lowest BCUT2D eigenvalue weighted by atomic mass is 10.1. The lowest BCUT2D eigenvalue weighted by molar-refractivity contribution is 0.248. The minimum atomic E-state index is 0.159. The van der Waals surface area contributed by atoms with Crippen molar-refractivity contribution in [2.75, 3.05) is 27.2 Å². The van der Waals surface area contributed by atoms with E-state index in [2.05, 4.69) is 33.2 Å². The Morgan fingerprint density at radius 2 is 2.33 bits per heavy atom. The van der Waals surface area contributed by atoms with Crippen LogP contribution in [0.4, 0.5) is 0 Å². The molecule has 0 radical (unpaired) electrons. The van der Waals surface area contributed by atoms with Crippen molar-refractivity contribution >= 4 is 15.9 Å². The highest BCUT2D eigenvalue weighted by Crippen LogP contribution is 2.35. The van der Waals surface area contributed by atoms with Crippen LogP contribution >= 0.6 is 15.9 Å². The van der Waals surface area contributed by atoms with Gasteiger partial charge in [-0.25, -0.2) is 0 Å². The highest BCUT2D eigenvalue weighted by molar-refractivity contribution is 9.10. The summed E-state index contributed by atoms with van der Waals surface area (Å²) in [5, 5.41) is 13.1. The van der Waals surface area contributed by atoms with E-state index < -0.39 is 0 Å². The summed E-state index contributed by atoms with van der Waals surface area (Å²) in [6.07, 6.45) is 1.19. The third kappa shape index (κ3) is 2.96. The standard InChI is InChI=1S/C13H19BrN2O2/c1-16(10-3-4-15-7-10)8-9-5-11(14)13(17)12(6-9)18-2/h5-6,10,15,17H,3-4,7-8H2,1-2H3. The van der Waals surface area contributed by atoms with Gasteiger partial charge in [0.05, 0.1) is 11.6 Å². The molecule has 0 bridgehead atoms. The second-order valence-corrected chi connectivity index (χ2v) is 5.54. The largest absolute Gasteiger partial charge is 0.503 e. The molecule has 4 nitrogen and oxygen atoms in total. The first-order valence-electron chi connectivity index (χ1n) is 6.08. The van der Waals surface area contributed by atoms with Gasteiger partial charge in [0.25, 0.3) is 0 Å². The van der Waals surface area contributed by atoms with Gasteiger partial charge < -0.3 is 15.2 Å². The number of benzene rings is 1. The molecule has 0 aliphatic carbocycles. The molecule has 18 heavy (non-hydrogen) atoms. The summed E-state index contributed by atoms with van der Waals surface area (Å²) in [6, 6.07) is 4.42. The number of likely N-dealkylation sites (N-methyl/N-ethyl adjacent to an activating group) is 1. The number of ether oxygens (including phenoxy) is 1. The molecule has 2 rings (SSSR count). The molecule has 1 atom stereocenters. The highest BCUT2D eigenvalue weighted by Gasteiger charge is 2.19. The number of rotatable bonds is 4. The first kappa shape index (κ1) is 13.6. The van der Waals surface area contributed by atoms with Gasteiger partial charge in [-0.3, -0.25) is 4.90 Å². The number of halogens is 1. The summed E-state index contributed by atoms with van der Waals surface area (Å²) in [5.74, 6) is 0.670. The van der Waals surface area contributed by atoms with Gasteiger partial charge in [0, 0.05) is 19.1 Å². The van der Waals surface area contributed by atoms with Crippen molar-refractivity contribution in [3.63, 3.8) is 0 Å². The molecule has 1 aliphatic heterocycles. The third-order valence-corrected chi connectivity index (χ3v) is 4.00. The zero-order valence-electron chi connectivity index (χ0n) is 10.7. The van der Waals surface area contributed by atoms with Crippen molar-refractivity contribution < 1.29 is 9.84 Å². The first-order valence-corrected chi connectivity index (χ1v) is 6.87. The molecule has 100 valence electrons. The summed E-state index contributed by atoms with van der Waals surface area (Å²) in [4.78, 5) is 2.33. The molecule has 0 aromatic heterocycles. The number of aromatic hydroxyl groups is 1. The average Bonchev–Trinajstić information content (AvgIpc) is 2.87. The number of nitrogens with one attached hydrogen (secondary N) is 1. The van der Waals surface area contributed by atoms with E-state index in [0.717, 1.165) is 25.2 Å². The van der Waals surface area contributed by atoms with Gasteiger partial charge in [0.2, 0.25) is 0 Å². The summed E-state index contributed by atoms with van der Waals surface area (Å²) in [7, 11) is 3.70. The van der Waals surface area contributed by atoms with Crippen LogP contribution in [0.5, 0.6) is 11.5 Å². The Balaban J connectivity index is 2.11. The van der Waals surface area contributed by atoms with E-state index in [1.807, 2.05) is 12.1 Å². The van der Waals surface area contributed by atoms with Crippen LogP contribution in [0.15, 0.2) is 16.6 Å². The number of hydrogen-bond donors (Lipinski definition) is 2. The minimum absolute atomic E-state index is 0.159. The van der Waals surface area contributed by atoms with Gasteiger partial charge >= 0.3 is 0 Å². The fourth-order valence-electron chi connectivity index (χ4n) is 2.31. The molecule has 1 unspecified atom stereocenters. The Hall–Kier alpha value is -0.780. The van der Waals surface area contributed by atoms with E-state index in [1.165, 1.54) is 6.42 Å². The van der Waals surface area contributed by atoms with Crippen molar-refractivity contribution in [1.29, 1.82) is 0 Å². The van der Waals surface area contributed by atoms with Gasteiger partial charge in [-0.15, -0.1) is 0 Å². The van der Waals surface area contributed by atoms with E-state index in [9.17, 15) is 5.11 Å². The molecule has 1 fully saturated rings. The van der Waals surface area contributed by atoms with Crippen LogP contribution in [0.2, 0.25) is 0 Å². The summed E-state index contributed by atoms with van der Waals surface area (Å²) >= 11 is 3.35. The van der Waals surface area contributed by atoms with Crippen LogP contribution in [-0.4, -0.2) is 43.3 Å². The molecule has 5 heteroatoms. The number of methoxy groups -OCH3 is 1. The summed E-state index contributed by atoms with van der Waals surface area (Å²) < 4.78 is 5.84. The van der Waals surface area contributed by atoms with Crippen LogP contribution < -0.4 is 10.1 Å². The molecule has 2 N–H and O–H groups in total. The predicted molar refractivity (Wildman–Crippen MR) is 75.1 cm³/mol. The van der Waals surface area contributed by atoms with Gasteiger partial charge in [-0.05, 0) is 53.6 Å². The monoisotopic (exact) mass is 314 g/mol. The topological polar surface area (TPSA) is 44.7 Å². The fraction of sp³-hybridized carbons (Fsp3) is 0.538. The molecule has 1 aromatic rings. The Morgan fingerprint density at radius 1 is 1.56 bits per heavy atom. The van der Waals surface area contributed by atoms with Gasteiger partial charge in [0.1, 0.15) is 0 Å². The summed E-state index contributed by atoms with van der Waals surface area (Å²) in [6.45, 7) is 2.99. The van der Waals surface area contributed by atoms with Gasteiger partial charge in [0.15, 0.2) is 11.5 Å². The Labute approximate surface area is 116 Å². The van der Waals surface area contributed by atoms with Gasteiger partial charge in [-0.2, -0.15) is 0 Å². The molecule has 1 aromatic carbocycles. The highest BCUT2D eigenvalue weighted by atomic mass is 79.9. The minimum Gasteiger partial charge on any atom is -0.503 e. The Bertz CT molecular complexity index is 420. The smallest absolute Gasteiger partial charge is 0.172 e. The molecule has 1 saturated heterocycles. The van der Waals surface area contributed by atoms with Crippen LogP contribution in [0.25, 0.3) is 0 Å². The van der Waals surface area contributed by atoms with E-state index in [1.54, 1.807) is 7.11 Å². The van der Waals surface area contributed by atoms with Gasteiger partial charge in [-0.1, -0.05) is 0 Å². The Morgan fingerprint density at radius 3 is 2.94 bits per heavy atom. The van der Waals surface area contributed by atoms with Crippen molar-refractivity contribution in [3.8, 4) is 11.5 Å². The van der Waals surface area contributed by atoms with Crippen LogP contribution in [0, 0.1) is 0 Å². The number of nitrogens with zero attached hydrogens (tertiary/aromatic N) is 1. The molecule has 0 amide bonds. The van der Waals surface area contributed by atoms with Crippen molar-refractivity contribution in [3.05, 3.63) is 22.2 Å². The quantitative estimate of drug-likeness (QED) is 0.891. The molecule has 1 heterocycles. The number of phenols is 1. The lowest BCUT2D eigenvalue weighted by Crippen LogP contribution is -2.32. The zero-order chi connectivity index (χ0) is 13.1. The lowest BCUT2D eigenvalue weighted by Gasteiger charge is -2.23. The van der Waals surface area contributed by atoms with E-state index >= 15 is 0 Å². The Kier molecular flexibility index (Phi) is 4.48.